The molecule has 7 nitrogen and oxygen atoms in total. The van der Waals surface area contributed by atoms with E-state index in [2.05, 4.69) is 10.2 Å². The van der Waals surface area contributed by atoms with Crippen molar-refractivity contribution in [2.45, 2.75) is 37.4 Å². The number of halogens is 3. The van der Waals surface area contributed by atoms with Crippen molar-refractivity contribution in [1.82, 2.24) is 14.9 Å². The van der Waals surface area contributed by atoms with Crippen LogP contribution in [0.2, 0.25) is 0 Å². The van der Waals surface area contributed by atoms with Gasteiger partial charge in [-0.05, 0) is 13.8 Å². The summed E-state index contributed by atoms with van der Waals surface area (Å²) in [5.74, 6) is -1.60. The molecule has 0 fully saturated rings. The normalized spacial score (nSPS) is 14.2. The van der Waals surface area contributed by atoms with Crippen LogP contribution in [0.15, 0.2) is 4.90 Å². The van der Waals surface area contributed by atoms with E-state index < -0.39 is 45.2 Å². The Bertz CT molecular complexity index is 608. The second kappa shape index (κ2) is 5.40. The molecule has 0 saturated heterocycles. The number of aromatic nitrogens is 2. The zero-order chi connectivity index (χ0) is 15.7. The molecule has 1 aromatic heterocycles. The maximum atomic E-state index is 12.2. The third-order valence-electron chi connectivity index (χ3n) is 2.26. The minimum Gasteiger partial charge on any atom is -0.476 e. The molecule has 1 atom stereocenters. The highest BCUT2D eigenvalue weighted by molar-refractivity contribution is 7.89. The van der Waals surface area contributed by atoms with Gasteiger partial charge in [-0.1, -0.05) is 0 Å². The molecule has 114 valence electrons. The van der Waals surface area contributed by atoms with Gasteiger partial charge in [0.05, 0.1) is 12.1 Å². The second-order valence-electron chi connectivity index (χ2n) is 4.17. The molecule has 1 rings (SSSR count). The number of alkyl halides is 3. The fourth-order valence-electron chi connectivity index (χ4n) is 1.61. The Hall–Kier alpha value is -1.62. The zero-order valence-electron chi connectivity index (χ0n) is 10.4. The van der Waals surface area contributed by atoms with Crippen molar-refractivity contribution in [3.63, 3.8) is 0 Å². The lowest BCUT2D eigenvalue weighted by Gasteiger charge is -2.15. The Balaban J connectivity index is 3.06. The first-order chi connectivity index (χ1) is 8.94. The van der Waals surface area contributed by atoms with Crippen molar-refractivity contribution in [2.24, 2.45) is 0 Å². The SMILES string of the molecule is Cc1[nH]nc(C(=O)O)c1S(=O)(=O)NC(C)CC(F)(F)F. The Morgan fingerprint density at radius 3 is 2.50 bits per heavy atom. The Labute approximate surface area is 112 Å². The second-order valence-corrected chi connectivity index (χ2v) is 5.82. The highest BCUT2D eigenvalue weighted by Gasteiger charge is 2.34. The average Bonchev–Trinajstić information content (AvgIpc) is 2.56. The standard InChI is InChI=1S/C9H12F3N3O4S/c1-4(3-9(10,11)12)15-20(18,19)7-5(2)13-14-6(7)8(16)17/h4,15H,3H2,1-2H3,(H,13,14)(H,16,17). The summed E-state index contributed by atoms with van der Waals surface area (Å²) in [4.78, 5) is 10.2. The first-order valence-electron chi connectivity index (χ1n) is 5.31. The Morgan fingerprint density at radius 2 is 2.05 bits per heavy atom. The molecule has 0 aromatic carbocycles. The molecule has 1 heterocycles. The number of rotatable bonds is 5. The monoisotopic (exact) mass is 315 g/mol. The van der Waals surface area contributed by atoms with Gasteiger partial charge in [-0.25, -0.2) is 17.9 Å². The Kier molecular flexibility index (Phi) is 4.44. The van der Waals surface area contributed by atoms with Crippen molar-refractivity contribution in [1.29, 1.82) is 0 Å². The minimum absolute atomic E-state index is 0.0749. The van der Waals surface area contributed by atoms with Crippen LogP contribution in [0, 0.1) is 6.92 Å². The predicted molar refractivity (Wildman–Crippen MR) is 60.7 cm³/mol. The number of carbonyl (C=O) groups is 1. The van der Waals surface area contributed by atoms with Gasteiger partial charge in [-0.3, -0.25) is 5.10 Å². The van der Waals surface area contributed by atoms with Gasteiger partial charge in [0.25, 0.3) is 0 Å². The average molecular weight is 315 g/mol. The molecule has 3 N–H and O–H groups in total. The third kappa shape index (κ3) is 3.93. The first kappa shape index (κ1) is 16.4. The summed E-state index contributed by atoms with van der Waals surface area (Å²) >= 11 is 0. The van der Waals surface area contributed by atoms with Crippen molar-refractivity contribution < 1.29 is 31.5 Å². The van der Waals surface area contributed by atoms with E-state index in [1.165, 1.54) is 6.92 Å². The summed E-state index contributed by atoms with van der Waals surface area (Å²) in [6.07, 6.45) is -5.91. The van der Waals surface area contributed by atoms with Gasteiger partial charge >= 0.3 is 12.1 Å². The van der Waals surface area contributed by atoms with E-state index in [1.807, 2.05) is 0 Å². The molecule has 0 spiro atoms. The fraction of sp³-hybridized carbons (Fsp3) is 0.556. The fourth-order valence-corrected chi connectivity index (χ4v) is 3.17. The number of carboxylic acid groups (broad SMARTS) is 1. The highest BCUT2D eigenvalue weighted by atomic mass is 32.2. The number of aromatic amines is 1. The number of hydrogen-bond acceptors (Lipinski definition) is 4. The number of aromatic carboxylic acids is 1. The van der Waals surface area contributed by atoms with E-state index in [-0.39, 0.29) is 5.69 Å². The van der Waals surface area contributed by atoms with Crippen LogP contribution in [-0.2, 0) is 10.0 Å². The number of aryl methyl sites for hydroxylation is 1. The lowest BCUT2D eigenvalue weighted by atomic mass is 10.2. The van der Waals surface area contributed by atoms with Crippen molar-refractivity contribution in [2.75, 3.05) is 0 Å². The van der Waals surface area contributed by atoms with E-state index in [9.17, 15) is 26.4 Å². The molecule has 20 heavy (non-hydrogen) atoms. The molecule has 11 heteroatoms. The van der Waals surface area contributed by atoms with Crippen LogP contribution in [0.5, 0.6) is 0 Å². The van der Waals surface area contributed by atoms with Crippen LogP contribution >= 0.6 is 0 Å². The topological polar surface area (TPSA) is 112 Å². The summed E-state index contributed by atoms with van der Waals surface area (Å²) in [7, 11) is -4.42. The summed E-state index contributed by atoms with van der Waals surface area (Å²) in [6.45, 7) is 2.28. The van der Waals surface area contributed by atoms with Gasteiger partial charge in [-0.15, -0.1) is 0 Å². The van der Waals surface area contributed by atoms with Crippen LogP contribution in [0.3, 0.4) is 0 Å². The highest BCUT2D eigenvalue weighted by Crippen LogP contribution is 2.23. The van der Waals surface area contributed by atoms with Gasteiger partial charge in [0.1, 0.15) is 4.90 Å². The summed E-state index contributed by atoms with van der Waals surface area (Å²) in [6, 6.07) is -1.43. The van der Waals surface area contributed by atoms with Crippen molar-refractivity contribution in [3.8, 4) is 0 Å². The van der Waals surface area contributed by atoms with Gasteiger partial charge < -0.3 is 5.11 Å². The van der Waals surface area contributed by atoms with E-state index in [1.54, 1.807) is 4.72 Å². The van der Waals surface area contributed by atoms with Gasteiger partial charge in [-0.2, -0.15) is 18.3 Å². The number of sulfonamides is 1. The predicted octanol–water partition coefficient (Wildman–Crippen LogP) is 1.04. The van der Waals surface area contributed by atoms with Crippen LogP contribution in [0.25, 0.3) is 0 Å². The first-order valence-corrected chi connectivity index (χ1v) is 6.79. The lowest BCUT2D eigenvalue weighted by molar-refractivity contribution is -0.137. The van der Waals surface area contributed by atoms with E-state index in [4.69, 9.17) is 5.11 Å². The molecule has 0 amide bonds. The summed E-state index contributed by atoms with van der Waals surface area (Å²) in [5.41, 5.74) is -0.844. The molecule has 1 unspecified atom stereocenters. The van der Waals surface area contributed by atoms with Crippen LogP contribution in [-0.4, -0.2) is 41.9 Å². The number of nitrogens with zero attached hydrogens (tertiary/aromatic N) is 1. The number of nitrogens with one attached hydrogen (secondary N) is 2. The molecule has 0 aliphatic carbocycles. The molecule has 0 radical (unpaired) electrons. The quantitative estimate of drug-likeness (QED) is 0.751. The Morgan fingerprint density at radius 1 is 1.50 bits per heavy atom. The van der Waals surface area contributed by atoms with Gasteiger partial charge in [0.2, 0.25) is 10.0 Å². The van der Waals surface area contributed by atoms with Gasteiger partial charge in [0.15, 0.2) is 5.69 Å². The number of hydrogen-bond donors (Lipinski definition) is 3. The maximum absolute atomic E-state index is 12.2. The van der Waals surface area contributed by atoms with E-state index in [0.717, 1.165) is 6.92 Å². The summed E-state index contributed by atoms with van der Waals surface area (Å²) < 4.78 is 62.1. The van der Waals surface area contributed by atoms with E-state index >= 15 is 0 Å². The van der Waals surface area contributed by atoms with E-state index in [0.29, 0.717) is 0 Å². The van der Waals surface area contributed by atoms with Crippen LogP contribution < -0.4 is 4.72 Å². The third-order valence-corrected chi connectivity index (χ3v) is 4.01. The zero-order valence-corrected chi connectivity index (χ0v) is 11.3. The van der Waals surface area contributed by atoms with Crippen molar-refractivity contribution >= 4 is 16.0 Å². The molecule has 0 aliphatic heterocycles. The maximum Gasteiger partial charge on any atom is 0.390 e. The summed E-state index contributed by atoms with van der Waals surface area (Å²) in [5, 5.41) is 14.3. The van der Waals surface area contributed by atoms with Crippen molar-refractivity contribution in [3.05, 3.63) is 11.4 Å². The van der Waals surface area contributed by atoms with Crippen LogP contribution in [0.4, 0.5) is 13.2 Å². The number of H-pyrrole nitrogens is 1. The minimum atomic E-state index is -4.54. The number of carboxylic acids is 1. The van der Waals surface area contributed by atoms with Crippen LogP contribution in [0.1, 0.15) is 29.5 Å². The molecule has 0 bridgehead atoms. The molecular weight excluding hydrogens is 303 g/mol. The van der Waals surface area contributed by atoms with Gasteiger partial charge in [0, 0.05) is 6.04 Å². The molecule has 0 saturated carbocycles. The molecule has 0 aliphatic rings. The smallest absolute Gasteiger partial charge is 0.390 e. The largest absolute Gasteiger partial charge is 0.476 e. The lowest BCUT2D eigenvalue weighted by Crippen LogP contribution is -2.36. The molecule has 1 aromatic rings. The molecular formula is C9H12F3N3O4S.